The molecular weight excluding hydrogens is 865 g/mol. The molecule has 0 radical (unpaired) electrons. The Morgan fingerprint density at radius 1 is 0.300 bits per heavy atom. The summed E-state index contributed by atoms with van der Waals surface area (Å²) in [5, 5.41) is 0. The van der Waals surface area contributed by atoms with Crippen molar-refractivity contribution in [1.29, 1.82) is 0 Å². The molecule has 0 spiro atoms. The van der Waals surface area contributed by atoms with Crippen LogP contribution in [0.3, 0.4) is 0 Å². The second-order valence-corrected chi connectivity index (χ2v) is 20.2. The first-order chi connectivity index (χ1) is 34.5. The largest absolute Gasteiger partial charge is 0.462 e. The van der Waals surface area contributed by atoms with Gasteiger partial charge in [0.1, 0.15) is 13.2 Å². The molecule has 0 saturated carbocycles. The number of hydrogen-bond donors (Lipinski definition) is 0. The Morgan fingerprint density at radius 2 is 0.557 bits per heavy atom. The standard InChI is InChI=1S/C64H114O6/c1-4-7-10-13-16-19-22-25-27-29-31-32-34-36-38-40-43-45-48-51-54-57-63(66)69-60-61(70-64(67)58-55-52-49-46-41-24-21-18-15-12-9-6-3)59-68-62(65)56-53-50-47-44-42-39-37-35-33-30-28-26-23-20-17-14-11-8-5-2/h8,11,17,20,26,28,33,35,39,42,61H,4-7,9-10,12-16,18-19,21-25,27,29-32,34,36-38,40-41,43-60H2,1-3H3/b11-8-,20-17-,28-26-,35-33-,42-39-/t61-/m1/s1. The molecule has 0 aromatic carbocycles. The van der Waals surface area contributed by atoms with E-state index in [0.29, 0.717) is 19.3 Å². The predicted octanol–water partition coefficient (Wildman–Crippen LogP) is 20.4. The van der Waals surface area contributed by atoms with E-state index < -0.39 is 6.10 Å². The summed E-state index contributed by atoms with van der Waals surface area (Å²) in [6.45, 7) is 6.54. The molecule has 0 unspecified atom stereocenters. The van der Waals surface area contributed by atoms with Gasteiger partial charge in [0, 0.05) is 19.3 Å². The van der Waals surface area contributed by atoms with Gasteiger partial charge in [-0.1, -0.05) is 287 Å². The van der Waals surface area contributed by atoms with Crippen molar-refractivity contribution in [3.8, 4) is 0 Å². The van der Waals surface area contributed by atoms with E-state index in [9.17, 15) is 14.4 Å². The van der Waals surface area contributed by atoms with Gasteiger partial charge in [-0.25, -0.2) is 0 Å². The lowest BCUT2D eigenvalue weighted by atomic mass is 10.0. The molecule has 6 nitrogen and oxygen atoms in total. The van der Waals surface area contributed by atoms with Crippen LogP contribution in [0.1, 0.15) is 310 Å². The van der Waals surface area contributed by atoms with Crippen molar-refractivity contribution in [2.24, 2.45) is 0 Å². The zero-order valence-corrected chi connectivity index (χ0v) is 46.5. The van der Waals surface area contributed by atoms with Gasteiger partial charge in [-0.3, -0.25) is 14.4 Å². The fourth-order valence-corrected chi connectivity index (χ4v) is 8.77. The third-order valence-electron chi connectivity index (χ3n) is 13.3. The summed E-state index contributed by atoms with van der Waals surface area (Å²) in [5.41, 5.74) is 0. The predicted molar refractivity (Wildman–Crippen MR) is 302 cm³/mol. The number of esters is 3. The number of ether oxygens (including phenoxy) is 3. The van der Waals surface area contributed by atoms with Gasteiger partial charge in [-0.2, -0.15) is 0 Å². The molecule has 70 heavy (non-hydrogen) atoms. The first kappa shape index (κ1) is 67.1. The van der Waals surface area contributed by atoms with E-state index in [2.05, 4.69) is 81.5 Å². The fraction of sp³-hybridized carbons (Fsp3) is 0.797. The molecule has 0 aromatic heterocycles. The molecule has 0 rings (SSSR count). The van der Waals surface area contributed by atoms with E-state index in [1.165, 1.54) is 173 Å². The van der Waals surface area contributed by atoms with Crippen molar-refractivity contribution in [3.05, 3.63) is 60.8 Å². The Bertz CT molecular complexity index is 1260. The second kappa shape index (κ2) is 58.7. The highest BCUT2D eigenvalue weighted by atomic mass is 16.6. The normalized spacial score (nSPS) is 12.4. The Kier molecular flexibility index (Phi) is 56.3. The minimum atomic E-state index is -0.784. The monoisotopic (exact) mass is 979 g/mol. The summed E-state index contributed by atoms with van der Waals surface area (Å²) in [4.78, 5) is 38.2. The van der Waals surface area contributed by atoms with Crippen LogP contribution in [-0.4, -0.2) is 37.2 Å². The van der Waals surface area contributed by atoms with Gasteiger partial charge in [-0.15, -0.1) is 0 Å². The van der Waals surface area contributed by atoms with Gasteiger partial charge in [0.2, 0.25) is 0 Å². The molecule has 0 saturated heterocycles. The third-order valence-corrected chi connectivity index (χ3v) is 13.3. The number of allylic oxidation sites excluding steroid dienone is 10. The number of carbonyl (C=O) groups excluding carboxylic acids is 3. The summed E-state index contributed by atoms with van der Waals surface area (Å²) in [6.07, 6.45) is 73.6. The number of hydrogen-bond acceptors (Lipinski definition) is 6. The molecule has 1 atom stereocenters. The lowest BCUT2D eigenvalue weighted by molar-refractivity contribution is -0.167. The Labute approximate surface area is 434 Å². The Morgan fingerprint density at radius 3 is 0.871 bits per heavy atom. The Hall–Kier alpha value is -2.89. The number of unbranched alkanes of at least 4 members (excludes halogenated alkanes) is 34. The van der Waals surface area contributed by atoms with Gasteiger partial charge in [0.15, 0.2) is 6.10 Å². The van der Waals surface area contributed by atoms with Crippen LogP contribution in [0.15, 0.2) is 60.8 Å². The van der Waals surface area contributed by atoms with E-state index in [0.717, 1.165) is 96.3 Å². The lowest BCUT2D eigenvalue weighted by Gasteiger charge is -2.18. The molecule has 0 aliphatic heterocycles. The summed E-state index contributed by atoms with van der Waals surface area (Å²) in [5.74, 6) is -0.898. The van der Waals surface area contributed by atoms with Crippen LogP contribution in [0.4, 0.5) is 0 Å². The minimum absolute atomic E-state index is 0.0806. The molecule has 0 aromatic rings. The van der Waals surface area contributed by atoms with Crippen molar-refractivity contribution >= 4 is 17.9 Å². The van der Waals surface area contributed by atoms with Crippen LogP contribution in [0.5, 0.6) is 0 Å². The van der Waals surface area contributed by atoms with Crippen LogP contribution in [0.2, 0.25) is 0 Å². The van der Waals surface area contributed by atoms with Crippen molar-refractivity contribution in [1.82, 2.24) is 0 Å². The summed E-state index contributed by atoms with van der Waals surface area (Å²) < 4.78 is 16.9. The summed E-state index contributed by atoms with van der Waals surface area (Å²) >= 11 is 0. The van der Waals surface area contributed by atoms with Crippen molar-refractivity contribution in [2.45, 2.75) is 316 Å². The average Bonchev–Trinajstić information content (AvgIpc) is 3.36. The van der Waals surface area contributed by atoms with Crippen molar-refractivity contribution in [2.75, 3.05) is 13.2 Å². The van der Waals surface area contributed by atoms with Crippen molar-refractivity contribution < 1.29 is 28.6 Å². The highest BCUT2D eigenvalue weighted by Crippen LogP contribution is 2.17. The SMILES string of the molecule is CC/C=C\C/C=C\C/C=C\C/C=C\C/C=C\CCCCCC(=O)OC[C@H](COC(=O)CCCCCCCCCCCCCCCCCCCCCCC)OC(=O)CCCCCCCCCCCCCC. The van der Waals surface area contributed by atoms with E-state index in [4.69, 9.17) is 14.2 Å². The Balaban J connectivity index is 4.32. The molecular formula is C64H114O6. The molecule has 0 aliphatic rings. The number of carbonyl (C=O) groups is 3. The van der Waals surface area contributed by atoms with Gasteiger partial charge in [0.25, 0.3) is 0 Å². The summed E-state index contributed by atoms with van der Waals surface area (Å²) in [7, 11) is 0. The molecule has 0 bridgehead atoms. The maximum atomic E-state index is 12.8. The second-order valence-electron chi connectivity index (χ2n) is 20.2. The molecule has 0 fully saturated rings. The third kappa shape index (κ3) is 56.0. The van der Waals surface area contributed by atoms with E-state index in [1.54, 1.807) is 0 Å². The van der Waals surface area contributed by atoms with Gasteiger partial charge in [0.05, 0.1) is 0 Å². The zero-order chi connectivity index (χ0) is 50.7. The van der Waals surface area contributed by atoms with Crippen LogP contribution in [0, 0.1) is 0 Å². The zero-order valence-electron chi connectivity index (χ0n) is 46.5. The summed E-state index contributed by atoms with van der Waals surface area (Å²) in [6, 6.07) is 0. The van der Waals surface area contributed by atoms with Crippen molar-refractivity contribution in [3.63, 3.8) is 0 Å². The lowest BCUT2D eigenvalue weighted by Crippen LogP contribution is -2.30. The molecule has 0 amide bonds. The van der Waals surface area contributed by atoms with E-state index in [1.807, 2.05) is 0 Å². The first-order valence-corrected chi connectivity index (χ1v) is 30.3. The van der Waals surface area contributed by atoms with Crippen LogP contribution < -0.4 is 0 Å². The van der Waals surface area contributed by atoms with Crippen LogP contribution in [-0.2, 0) is 28.6 Å². The van der Waals surface area contributed by atoms with E-state index in [-0.39, 0.29) is 31.1 Å². The van der Waals surface area contributed by atoms with Gasteiger partial charge in [-0.05, 0) is 64.2 Å². The molecule has 0 N–H and O–H groups in total. The molecule has 0 aliphatic carbocycles. The smallest absolute Gasteiger partial charge is 0.306 e. The quantitative estimate of drug-likeness (QED) is 0.0261. The highest BCUT2D eigenvalue weighted by molar-refractivity contribution is 5.71. The molecule has 6 heteroatoms. The van der Waals surface area contributed by atoms with Crippen LogP contribution in [0.25, 0.3) is 0 Å². The maximum Gasteiger partial charge on any atom is 0.306 e. The van der Waals surface area contributed by atoms with Gasteiger partial charge >= 0.3 is 17.9 Å². The topological polar surface area (TPSA) is 78.9 Å². The average molecular weight is 980 g/mol. The maximum absolute atomic E-state index is 12.8. The highest BCUT2D eigenvalue weighted by Gasteiger charge is 2.19. The van der Waals surface area contributed by atoms with Crippen LogP contribution >= 0.6 is 0 Å². The molecule has 406 valence electrons. The van der Waals surface area contributed by atoms with E-state index >= 15 is 0 Å². The first-order valence-electron chi connectivity index (χ1n) is 30.3. The van der Waals surface area contributed by atoms with Gasteiger partial charge < -0.3 is 14.2 Å². The minimum Gasteiger partial charge on any atom is -0.462 e. The fourth-order valence-electron chi connectivity index (χ4n) is 8.77. The number of rotatable bonds is 55. The molecule has 0 heterocycles.